The number of hydrogen-bond acceptors (Lipinski definition) is 5. The van der Waals surface area contributed by atoms with Gasteiger partial charge in [0, 0.05) is 0 Å². The second kappa shape index (κ2) is 1.87. The summed E-state index contributed by atoms with van der Waals surface area (Å²) < 4.78 is 1.54. The fraction of sp³-hybridized carbons (Fsp3) is 0. The maximum Gasteiger partial charge on any atom is 0.162 e. The topological polar surface area (TPSA) is 74.3 Å². The third-order valence-corrected chi connectivity index (χ3v) is 0.981. The molecule has 0 aromatic carbocycles. The molecule has 50 valence electrons. The summed E-state index contributed by atoms with van der Waals surface area (Å²) in [4.78, 5) is 1.40. The Morgan fingerprint density at radius 1 is 0.900 bits per heavy atom. The molecule has 2 heterocycles. The van der Waals surface area contributed by atoms with Gasteiger partial charge in [0.1, 0.15) is 12.7 Å². The van der Waals surface area contributed by atoms with Crippen LogP contribution in [0.15, 0.2) is 19.0 Å². The highest BCUT2D eigenvalue weighted by Crippen LogP contribution is 1.79. The molecule has 0 radical (unpaired) electrons. The lowest BCUT2D eigenvalue weighted by atomic mass is 11.2. The van der Waals surface area contributed by atoms with Gasteiger partial charge in [-0.15, -0.1) is 20.1 Å². The Bertz CT molecular complexity index is 248. The Labute approximate surface area is 55.3 Å². The average Bonchev–Trinajstić information content (AvgIpc) is 2.59. The first-order valence-corrected chi connectivity index (χ1v) is 2.55. The highest BCUT2D eigenvalue weighted by Gasteiger charge is 1.91. The van der Waals surface area contributed by atoms with E-state index >= 15 is 0 Å². The normalized spacial score (nSPS) is 10.0. The van der Waals surface area contributed by atoms with Gasteiger partial charge in [0.05, 0.1) is 0 Å². The van der Waals surface area contributed by atoms with E-state index in [4.69, 9.17) is 0 Å². The van der Waals surface area contributed by atoms with E-state index in [0.717, 1.165) is 0 Å². The summed E-state index contributed by atoms with van der Waals surface area (Å²) in [6.07, 6.45) is 4.44. The van der Waals surface area contributed by atoms with Crippen LogP contribution >= 0.6 is 0 Å². The van der Waals surface area contributed by atoms with Crippen LogP contribution in [-0.2, 0) is 0 Å². The number of nitrogens with zero attached hydrogens (tertiary/aromatic N) is 7. The van der Waals surface area contributed by atoms with Gasteiger partial charge in [-0.3, -0.25) is 0 Å². The van der Waals surface area contributed by atoms with Crippen LogP contribution in [0.1, 0.15) is 0 Å². The van der Waals surface area contributed by atoms with E-state index in [0.29, 0.717) is 0 Å². The van der Waals surface area contributed by atoms with E-state index in [2.05, 4.69) is 25.7 Å². The molecule has 0 aliphatic rings. The van der Waals surface area contributed by atoms with Crippen LogP contribution in [-0.4, -0.2) is 35.2 Å². The van der Waals surface area contributed by atoms with E-state index in [1.54, 1.807) is 4.68 Å². The molecule has 0 bridgehead atoms. The van der Waals surface area contributed by atoms with Crippen LogP contribution in [0.4, 0.5) is 0 Å². The lowest BCUT2D eigenvalue weighted by molar-refractivity contribution is 0.547. The fourth-order valence-electron chi connectivity index (χ4n) is 0.563. The Kier molecular flexibility index (Phi) is 0.938. The van der Waals surface area contributed by atoms with Crippen LogP contribution in [0.2, 0.25) is 0 Å². The molecule has 10 heavy (non-hydrogen) atoms. The fourth-order valence-corrected chi connectivity index (χ4v) is 0.563. The minimum absolute atomic E-state index is 1.40. The van der Waals surface area contributed by atoms with Crippen molar-refractivity contribution in [2.75, 3.05) is 0 Å². The summed E-state index contributed by atoms with van der Waals surface area (Å²) in [5, 5.41) is 17.6. The van der Waals surface area contributed by atoms with Gasteiger partial charge in [0.25, 0.3) is 0 Å². The molecule has 2 aromatic rings. The van der Waals surface area contributed by atoms with Crippen molar-refractivity contribution in [3.8, 4) is 0 Å². The van der Waals surface area contributed by atoms with Crippen LogP contribution in [0.25, 0.3) is 0 Å². The van der Waals surface area contributed by atoms with Crippen molar-refractivity contribution in [2.24, 2.45) is 0 Å². The summed E-state index contributed by atoms with van der Waals surface area (Å²) in [6, 6.07) is 0. The van der Waals surface area contributed by atoms with Crippen molar-refractivity contribution in [2.45, 2.75) is 0 Å². The predicted octanol–water partition coefficient (Wildman–Crippen LogP) is -1.42. The van der Waals surface area contributed by atoms with Crippen molar-refractivity contribution in [1.82, 2.24) is 35.2 Å². The average molecular weight is 137 g/mol. The molecular weight excluding hydrogens is 134 g/mol. The van der Waals surface area contributed by atoms with Crippen molar-refractivity contribution in [3.63, 3.8) is 0 Å². The monoisotopic (exact) mass is 137 g/mol. The van der Waals surface area contributed by atoms with Gasteiger partial charge in [-0.05, 0) is 10.4 Å². The molecule has 0 amide bonds. The standard InChI is InChI=1S/C3H3N7/c1-4-5-2-9(1)10-3-6-7-8-10/h1-3H. The second-order valence-electron chi connectivity index (χ2n) is 1.57. The first kappa shape index (κ1) is 5.03. The Hall–Kier alpha value is -1.79. The number of hydrogen-bond donors (Lipinski definition) is 0. The number of rotatable bonds is 1. The molecule has 2 aromatic heterocycles. The van der Waals surface area contributed by atoms with Crippen molar-refractivity contribution in [3.05, 3.63) is 19.0 Å². The molecule has 7 nitrogen and oxygen atoms in total. The molecule has 0 fully saturated rings. The van der Waals surface area contributed by atoms with Gasteiger partial charge >= 0.3 is 0 Å². The summed E-state index contributed by atoms with van der Waals surface area (Å²) in [5.74, 6) is 0. The maximum absolute atomic E-state index is 3.60. The van der Waals surface area contributed by atoms with Crippen LogP contribution in [0.5, 0.6) is 0 Å². The molecule has 0 aliphatic carbocycles. The summed E-state index contributed by atoms with van der Waals surface area (Å²) >= 11 is 0. The van der Waals surface area contributed by atoms with E-state index in [1.165, 1.54) is 23.8 Å². The highest BCUT2D eigenvalue weighted by atomic mass is 15.7. The Morgan fingerprint density at radius 3 is 2.30 bits per heavy atom. The zero-order valence-corrected chi connectivity index (χ0v) is 4.86. The van der Waals surface area contributed by atoms with E-state index < -0.39 is 0 Å². The van der Waals surface area contributed by atoms with Gasteiger partial charge in [0.15, 0.2) is 6.33 Å². The SMILES string of the molecule is c1nncn1-n1cnnn1. The smallest absolute Gasteiger partial charge is 0.162 e. The minimum Gasteiger partial charge on any atom is -0.205 e. The third-order valence-electron chi connectivity index (χ3n) is 0.981. The molecule has 2 rings (SSSR count). The quantitative estimate of drug-likeness (QED) is 0.482. The first-order valence-electron chi connectivity index (χ1n) is 2.55. The minimum atomic E-state index is 1.40. The van der Waals surface area contributed by atoms with Gasteiger partial charge in [-0.1, -0.05) is 0 Å². The molecule has 0 saturated carbocycles. The van der Waals surface area contributed by atoms with Gasteiger partial charge in [0.2, 0.25) is 0 Å². The summed E-state index contributed by atoms with van der Waals surface area (Å²) in [5.41, 5.74) is 0. The van der Waals surface area contributed by atoms with Crippen LogP contribution in [0, 0.1) is 0 Å². The molecule has 0 saturated heterocycles. The lowest BCUT2D eigenvalue weighted by Crippen LogP contribution is -2.06. The second-order valence-corrected chi connectivity index (χ2v) is 1.57. The largest absolute Gasteiger partial charge is 0.205 e. The van der Waals surface area contributed by atoms with E-state index in [9.17, 15) is 0 Å². The number of tetrazole rings is 1. The van der Waals surface area contributed by atoms with Crippen molar-refractivity contribution >= 4 is 0 Å². The zero-order valence-electron chi connectivity index (χ0n) is 4.86. The Morgan fingerprint density at radius 2 is 1.70 bits per heavy atom. The van der Waals surface area contributed by atoms with Gasteiger partial charge in [-0.25, -0.2) is 4.68 Å². The van der Waals surface area contributed by atoms with E-state index in [1.807, 2.05) is 0 Å². The molecule has 0 aliphatic heterocycles. The summed E-state index contributed by atoms with van der Waals surface area (Å²) in [6.45, 7) is 0. The van der Waals surface area contributed by atoms with Crippen molar-refractivity contribution < 1.29 is 0 Å². The lowest BCUT2D eigenvalue weighted by Gasteiger charge is -1.92. The first-order chi connectivity index (χ1) is 4.97. The summed E-state index contributed by atoms with van der Waals surface area (Å²) in [7, 11) is 0. The highest BCUT2D eigenvalue weighted by molar-refractivity contribution is 4.60. The van der Waals surface area contributed by atoms with Crippen LogP contribution < -0.4 is 0 Å². The zero-order chi connectivity index (χ0) is 6.81. The molecular formula is C3H3N7. The number of aromatic nitrogens is 7. The maximum atomic E-state index is 3.60. The van der Waals surface area contributed by atoms with Gasteiger partial charge in [-0.2, -0.15) is 0 Å². The molecule has 0 spiro atoms. The predicted molar refractivity (Wildman–Crippen MR) is 28.6 cm³/mol. The van der Waals surface area contributed by atoms with Gasteiger partial charge < -0.3 is 0 Å². The third kappa shape index (κ3) is 0.642. The van der Waals surface area contributed by atoms with Crippen molar-refractivity contribution in [1.29, 1.82) is 0 Å². The molecule has 7 heteroatoms. The molecule has 0 N–H and O–H groups in total. The van der Waals surface area contributed by atoms with E-state index in [-0.39, 0.29) is 0 Å². The Balaban J connectivity index is 2.48. The van der Waals surface area contributed by atoms with Crippen LogP contribution in [0.3, 0.4) is 0 Å². The molecule has 0 atom stereocenters. The molecule has 0 unspecified atom stereocenters.